The van der Waals surface area contributed by atoms with Crippen molar-refractivity contribution < 1.29 is 14.7 Å². The van der Waals surface area contributed by atoms with Crippen LogP contribution < -0.4 is 5.32 Å². The number of piperidine rings is 1. The zero-order valence-corrected chi connectivity index (χ0v) is 21.1. The molecule has 4 rings (SSSR count). The Balaban J connectivity index is 1.47. The van der Waals surface area contributed by atoms with E-state index in [4.69, 9.17) is 11.6 Å². The third-order valence-corrected chi connectivity index (χ3v) is 8.05. The molecule has 6 heteroatoms. The topological polar surface area (TPSA) is 69.6 Å². The predicted molar refractivity (Wildman–Crippen MR) is 135 cm³/mol. The number of aliphatic hydroxyl groups is 1. The summed E-state index contributed by atoms with van der Waals surface area (Å²) in [7, 11) is 0. The number of nitrogens with one attached hydrogen (secondary N) is 1. The number of carbonyl (C=O) groups excluding carboxylic acids is 2. The highest BCUT2D eigenvalue weighted by molar-refractivity contribution is 6.30. The van der Waals surface area contributed by atoms with E-state index in [1.165, 1.54) is 0 Å². The number of halogens is 1. The van der Waals surface area contributed by atoms with Crippen LogP contribution in [0.1, 0.15) is 67.4 Å². The molecule has 1 saturated carbocycles. The van der Waals surface area contributed by atoms with Crippen molar-refractivity contribution >= 4 is 23.4 Å². The third-order valence-electron chi connectivity index (χ3n) is 7.80. The Hall–Kier alpha value is -2.37. The fraction of sp³-hybridized carbons (Fsp3) is 0.500. The first kappa shape index (κ1) is 24.7. The molecule has 5 nitrogen and oxygen atoms in total. The van der Waals surface area contributed by atoms with Crippen molar-refractivity contribution in [3.8, 4) is 0 Å². The molecule has 0 bridgehead atoms. The summed E-state index contributed by atoms with van der Waals surface area (Å²) in [5.74, 6) is -0.276. The molecule has 2 aliphatic rings. The van der Waals surface area contributed by atoms with Crippen LogP contribution in [-0.2, 0) is 10.4 Å². The average molecular weight is 483 g/mol. The monoisotopic (exact) mass is 482 g/mol. The fourth-order valence-electron chi connectivity index (χ4n) is 5.56. The maximum Gasteiger partial charge on any atom is 0.251 e. The van der Waals surface area contributed by atoms with Gasteiger partial charge in [0.2, 0.25) is 5.91 Å². The third kappa shape index (κ3) is 4.87. The molecule has 2 aromatic rings. The molecule has 1 aliphatic heterocycles. The highest BCUT2D eigenvalue weighted by atomic mass is 35.5. The largest absolute Gasteiger partial charge is 0.384 e. The predicted octanol–water partition coefficient (Wildman–Crippen LogP) is 5.08. The number of likely N-dealkylation sites (tertiary alicyclic amines) is 1. The quantitative estimate of drug-likeness (QED) is 0.638. The van der Waals surface area contributed by atoms with Crippen LogP contribution in [0.15, 0.2) is 48.5 Å². The molecule has 0 spiro atoms. The van der Waals surface area contributed by atoms with Crippen molar-refractivity contribution in [1.82, 2.24) is 10.2 Å². The van der Waals surface area contributed by atoms with Crippen molar-refractivity contribution in [2.24, 2.45) is 11.3 Å². The van der Waals surface area contributed by atoms with Gasteiger partial charge in [0, 0.05) is 35.1 Å². The second-order valence-electron chi connectivity index (χ2n) is 10.6. The molecule has 2 fully saturated rings. The second-order valence-corrected chi connectivity index (χ2v) is 11.0. The Kier molecular flexibility index (Phi) is 7.07. The summed E-state index contributed by atoms with van der Waals surface area (Å²) < 4.78 is 0. The lowest BCUT2D eigenvalue weighted by Crippen LogP contribution is -2.59. The molecule has 0 aromatic heterocycles. The van der Waals surface area contributed by atoms with Crippen LogP contribution >= 0.6 is 11.6 Å². The van der Waals surface area contributed by atoms with Gasteiger partial charge in [-0.15, -0.1) is 0 Å². The molecule has 2 amide bonds. The number of aryl methyl sites for hydroxylation is 1. The van der Waals surface area contributed by atoms with Gasteiger partial charge in [0.25, 0.3) is 5.91 Å². The standard InChI is InChI=1S/C28H35ClN2O3/c1-19-8-10-20(11-9-19)25(32)30-24-7-5-4-6-23(24)26(33)31-17-16-28(34,27(2,3)18-31)21-12-14-22(29)15-13-21/h8-15,23-24,34H,4-7,16-18H2,1-3H3,(H,30,32)/t23-,24+,28-/m0/s1. The van der Waals surface area contributed by atoms with Crippen molar-refractivity contribution in [3.63, 3.8) is 0 Å². The lowest BCUT2D eigenvalue weighted by Gasteiger charge is -2.51. The lowest BCUT2D eigenvalue weighted by molar-refractivity contribution is -0.158. The number of hydrogen-bond acceptors (Lipinski definition) is 3. The molecule has 1 aliphatic carbocycles. The Morgan fingerprint density at radius 3 is 2.32 bits per heavy atom. The minimum atomic E-state index is -1.04. The first-order valence-electron chi connectivity index (χ1n) is 12.3. The van der Waals surface area contributed by atoms with Crippen LogP contribution in [0.25, 0.3) is 0 Å². The Bertz CT molecular complexity index is 1030. The van der Waals surface area contributed by atoms with Crippen LogP contribution in [-0.4, -0.2) is 41.0 Å². The molecule has 2 N–H and O–H groups in total. The van der Waals surface area contributed by atoms with E-state index >= 15 is 0 Å². The smallest absolute Gasteiger partial charge is 0.251 e. The molecule has 0 unspecified atom stereocenters. The summed E-state index contributed by atoms with van der Waals surface area (Å²) in [4.78, 5) is 28.4. The van der Waals surface area contributed by atoms with Gasteiger partial charge >= 0.3 is 0 Å². The van der Waals surface area contributed by atoms with Gasteiger partial charge in [0.15, 0.2) is 0 Å². The number of carbonyl (C=O) groups is 2. The highest BCUT2D eigenvalue weighted by Crippen LogP contribution is 2.46. The minimum Gasteiger partial charge on any atom is -0.384 e. The van der Waals surface area contributed by atoms with E-state index in [-0.39, 0.29) is 23.8 Å². The van der Waals surface area contributed by atoms with Gasteiger partial charge in [-0.1, -0.05) is 68.1 Å². The summed E-state index contributed by atoms with van der Waals surface area (Å²) in [6.45, 7) is 6.96. The van der Waals surface area contributed by atoms with E-state index in [2.05, 4.69) is 5.32 Å². The Labute approximate surface area is 207 Å². The van der Waals surface area contributed by atoms with E-state index in [1.807, 2.05) is 62.1 Å². The van der Waals surface area contributed by atoms with E-state index in [9.17, 15) is 14.7 Å². The summed E-state index contributed by atoms with van der Waals surface area (Å²) in [6, 6.07) is 14.7. The molecule has 3 atom stereocenters. The minimum absolute atomic E-state index is 0.0835. The van der Waals surface area contributed by atoms with Crippen LogP contribution in [0, 0.1) is 18.3 Å². The molecular weight excluding hydrogens is 448 g/mol. The first-order valence-corrected chi connectivity index (χ1v) is 12.6. The maximum atomic E-state index is 13.7. The number of amides is 2. The number of rotatable bonds is 4. The van der Waals surface area contributed by atoms with Gasteiger partial charge in [-0.3, -0.25) is 9.59 Å². The van der Waals surface area contributed by atoms with Crippen LogP contribution in [0.3, 0.4) is 0 Å². The van der Waals surface area contributed by atoms with Gasteiger partial charge in [-0.05, 0) is 56.0 Å². The molecule has 182 valence electrons. The fourth-order valence-corrected chi connectivity index (χ4v) is 5.69. The number of hydrogen-bond donors (Lipinski definition) is 2. The normalized spacial score (nSPS) is 26.7. The van der Waals surface area contributed by atoms with Gasteiger partial charge in [0.1, 0.15) is 0 Å². The average Bonchev–Trinajstić information content (AvgIpc) is 2.81. The first-order chi connectivity index (χ1) is 16.1. The van der Waals surface area contributed by atoms with E-state index in [1.54, 1.807) is 12.1 Å². The van der Waals surface area contributed by atoms with E-state index in [0.717, 1.165) is 36.8 Å². The molecule has 0 radical (unpaired) electrons. The summed E-state index contributed by atoms with van der Waals surface area (Å²) in [5, 5.41) is 15.4. The maximum absolute atomic E-state index is 13.7. The SMILES string of the molecule is Cc1ccc(C(=O)N[C@@H]2CCCC[C@@H]2C(=O)N2CC[C@](O)(c3ccc(Cl)cc3)C(C)(C)C2)cc1. The Morgan fingerprint density at radius 1 is 1.03 bits per heavy atom. The van der Waals surface area contributed by atoms with Gasteiger partial charge in [-0.25, -0.2) is 0 Å². The van der Waals surface area contributed by atoms with Gasteiger partial charge < -0.3 is 15.3 Å². The molecular formula is C28H35ClN2O3. The van der Waals surface area contributed by atoms with E-state index in [0.29, 0.717) is 30.1 Å². The van der Waals surface area contributed by atoms with E-state index < -0.39 is 11.0 Å². The van der Waals surface area contributed by atoms with Crippen LogP contribution in [0.5, 0.6) is 0 Å². The second kappa shape index (κ2) is 9.71. The number of benzene rings is 2. The van der Waals surface area contributed by atoms with Crippen LogP contribution in [0.4, 0.5) is 0 Å². The molecule has 1 saturated heterocycles. The lowest BCUT2D eigenvalue weighted by atomic mass is 9.66. The van der Waals surface area contributed by atoms with Gasteiger partial charge in [0.05, 0.1) is 11.5 Å². The van der Waals surface area contributed by atoms with Gasteiger partial charge in [-0.2, -0.15) is 0 Å². The highest BCUT2D eigenvalue weighted by Gasteiger charge is 2.50. The number of nitrogens with zero attached hydrogens (tertiary/aromatic N) is 1. The van der Waals surface area contributed by atoms with Crippen molar-refractivity contribution in [2.45, 2.75) is 64.5 Å². The zero-order valence-electron chi connectivity index (χ0n) is 20.3. The zero-order chi connectivity index (χ0) is 24.5. The summed E-state index contributed by atoms with van der Waals surface area (Å²) >= 11 is 6.05. The summed E-state index contributed by atoms with van der Waals surface area (Å²) in [5.41, 5.74) is 0.974. The van der Waals surface area contributed by atoms with Crippen molar-refractivity contribution in [1.29, 1.82) is 0 Å². The summed E-state index contributed by atoms with van der Waals surface area (Å²) in [6.07, 6.45) is 4.03. The van der Waals surface area contributed by atoms with Crippen LogP contribution in [0.2, 0.25) is 5.02 Å². The Morgan fingerprint density at radius 2 is 1.68 bits per heavy atom. The van der Waals surface area contributed by atoms with Crippen molar-refractivity contribution in [3.05, 3.63) is 70.2 Å². The molecule has 2 aromatic carbocycles. The van der Waals surface area contributed by atoms with Crippen molar-refractivity contribution in [2.75, 3.05) is 13.1 Å². The molecule has 34 heavy (non-hydrogen) atoms. The molecule has 1 heterocycles.